The quantitative estimate of drug-likeness (QED) is 0.637. The smallest absolute Gasteiger partial charge is 0.330 e. The zero-order chi connectivity index (χ0) is 21.0. The number of nitrogens with one attached hydrogen (secondary N) is 1. The molecule has 0 saturated heterocycles. The number of nitrogens with two attached hydrogens (primary N) is 1. The Bertz CT molecular complexity index is 1110. The number of hydrogen-bond donors (Lipinski definition) is 2. The summed E-state index contributed by atoms with van der Waals surface area (Å²) in [5.74, 6) is 0.0372. The summed E-state index contributed by atoms with van der Waals surface area (Å²) in [5, 5.41) is 0. The number of carbonyl (C=O) groups is 1. The molecule has 0 atom stereocenters. The second-order valence-corrected chi connectivity index (χ2v) is 6.78. The van der Waals surface area contributed by atoms with Crippen LogP contribution in [0.25, 0.3) is 0 Å². The number of aryl methyl sites for hydroxylation is 1. The van der Waals surface area contributed by atoms with Gasteiger partial charge in [-0.15, -0.1) is 0 Å². The number of anilines is 2. The average Bonchev–Trinajstić information content (AvgIpc) is 3.20. The molecule has 1 amide bonds. The molecular formula is C21H24N4O4. The molecule has 8 nitrogen and oxygen atoms in total. The van der Waals surface area contributed by atoms with Crippen molar-refractivity contribution in [3.8, 4) is 0 Å². The van der Waals surface area contributed by atoms with Gasteiger partial charge in [0.1, 0.15) is 11.6 Å². The highest BCUT2D eigenvalue weighted by atomic mass is 16.3. The number of nitrogen functional groups attached to an aromatic ring is 1. The molecule has 1 aromatic carbocycles. The van der Waals surface area contributed by atoms with Crippen LogP contribution in [0.3, 0.4) is 0 Å². The van der Waals surface area contributed by atoms with Gasteiger partial charge in [0, 0.05) is 12.1 Å². The van der Waals surface area contributed by atoms with Gasteiger partial charge in [-0.1, -0.05) is 31.5 Å². The lowest BCUT2D eigenvalue weighted by Crippen LogP contribution is -2.41. The van der Waals surface area contributed by atoms with Crippen molar-refractivity contribution in [1.82, 2.24) is 9.55 Å². The Hall–Kier alpha value is -3.55. The number of amides is 1. The number of nitrogens with zero attached hydrogens (tertiary/aromatic N) is 2. The maximum Gasteiger partial charge on any atom is 0.330 e. The van der Waals surface area contributed by atoms with Crippen LogP contribution in [-0.4, -0.2) is 15.5 Å². The lowest BCUT2D eigenvalue weighted by atomic mass is 10.1. The van der Waals surface area contributed by atoms with Gasteiger partial charge < -0.3 is 10.2 Å². The van der Waals surface area contributed by atoms with E-state index in [1.54, 1.807) is 24.3 Å². The highest BCUT2D eigenvalue weighted by molar-refractivity contribution is 6.08. The molecule has 8 heteroatoms. The summed E-state index contributed by atoms with van der Waals surface area (Å²) in [4.78, 5) is 41.9. The predicted molar refractivity (Wildman–Crippen MR) is 111 cm³/mol. The number of H-pyrrole nitrogens is 1. The van der Waals surface area contributed by atoms with Gasteiger partial charge in [0.15, 0.2) is 5.69 Å². The molecule has 0 bridgehead atoms. The normalized spacial score (nSPS) is 10.8. The van der Waals surface area contributed by atoms with Crippen molar-refractivity contribution in [2.45, 2.75) is 39.8 Å². The minimum Gasteiger partial charge on any atom is -0.467 e. The Morgan fingerprint density at radius 3 is 2.62 bits per heavy atom. The summed E-state index contributed by atoms with van der Waals surface area (Å²) in [6.07, 6.45) is 3.04. The minimum absolute atomic E-state index is 0.000566. The molecule has 29 heavy (non-hydrogen) atoms. The molecule has 152 valence electrons. The summed E-state index contributed by atoms with van der Waals surface area (Å²) in [6, 6.07) is 10.5. The topological polar surface area (TPSA) is 114 Å². The number of aromatic amines is 1. The molecule has 0 spiro atoms. The fourth-order valence-corrected chi connectivity index (χ4v) is 3.15. The second kappa shape index (κ2) is 8.64. The van der Waals surface area contributed by atoms with Crippen molar-refractivity contribution in [3.63, 3.8) is 0 Å². The third kappa shape index (κ3) is 4.16. The Morgan fingerprint density at radius 2 is 1.97 bits per heavy atom. The number of rotatable bonds is 7. The summed E-state index contributed by atoms with van der Waals surface area (Å²) < 4.78 is 6.68. The number of unbranched alkanes of at least 4 members (excludes halogenated alkanes) is 1. The summed E-state index contributed by atoms with van der Waals surface area (Å²) in [6.45, 7) is 4.14. The fraction of sp³-hybridized carbons (Fsp3) is 0.286. The van der Waals surface area contributed by atoms with Crippen LogP contribution in [0.1, 0.15) is 41.4 Å². The standard InChI is InChI=1S/C21H24N4O4/c1-3-4-11-24-18(22)17(19(26)23-21(24)28)25(13-15-9-7-12-29-15)20(27)16-10-6-5-8-14(16)2/h5-10,12H,3-4,11,13,22H2,1-2H3,(H,23,26,28). The molecule has 3 aromatic rings. The maximum atomic E-state index is 13.4. The van der Waals surface area contributed by atoms with E-state index in [4.69, 9.17) is 10.2 Å². The van der Waals surface area contributed by atoms with Gasteiger partial charge in [-0.3, -0.25) is 24.0 Å². The molecule has 0 aliphatic heterocycles. The lowest BCUT2D eigenvalue weighted by molar-refractivity contribution is 0.0982. The van der Waals surface area contributed by atoms with Crippen LogP contribution in [0.2, 0.25) is 0 Å². The van der Waals surface area contributed by atoms with Crippen molar-refractivity contribution in [3.05, 3.63) is 80.4 Å². The van der Waals surface area contributed by atoms with Crippen LogP contribution in [0.15, 0.2) is 56.7 Å². The maximum absolute atomic E-state index is 13.4. The van der Waals surface area contributed by atoms with E-state index in [0.717, 1.165) is 12.0 Å². The van der Waals surface area contributed by atoms with Gasteiger partial charge in [0.05, 0.1) is 12.8 Å². The minimum atomic E-state index is -0.714. The van der Waals surface area contributed by atoms with E-state index in [1.807, 2.05) is 26.0 Å². The number of carbonyl (C=O) groups excluding carboxylic acids is 1. The first-order valence-electron chi connectivity index (χ1n) is 9.46. The summed E-state index contributed by atoms with van der Waals surface area (Å²) in [5.41, 5.74) is 6.05. The third-order valence-electron chi connectivity index (χ3n) is 4.73. The molecule has 3 rings (SSSR count). The van der Waals surface area contributed by atoms with E-state index in [-0.39, 0.29) is 18.1 Å². The molecule has 0 saturated carbocycles. The SMILES string of the molecule is CCCCn1c(N)c(N(Cc2ccco2)C(=O)c2ccccc2C)c(=O)[nH]c1=O. The van der Waals surface area contributed by atoms with Crippen molar-refractivity contribution < 1.29 is 9.21 Å². The number of furan rings is 1. The highest BCUT2D eigenvalue weighted by Gasteiger charge is 2.27. The molecule has 0 fully saturated rings. The first-order chi connectivity index (χ1) is 13.9. The van der Waals surface area contributed by atoms with E-state index in [1.165, 1.54) is 15.7 Å². The van der Waals surface area contributed by atoms with Gasteiger partial charge in [0.2, 0.25) is 0 Å². The van der Waals surface area contributed by atoms with Crippen LogP contribution in [0.4, 0.5) is 11.5 Å². The average molecular weight is 396 g/mol. The van der Waals surface area contributed by atoms with Crippen molar-refractivity contribution in [2.24, 2.45) is 0 Å². The Labute approximate surface area is 167 Å². The van der Waals surface area contributed by atoms with E-state index >= 15 is 0 Å². The Kier molecular flexibility index (Phi) is 6.01. The van der Waals surface area contributed by atoms with Gasteiger partial charge in [-0.05, 0) is 37.1 Å². The lowest BCUT2D eigenvalue weighted by Gasteiger charge is -2.24. The van der Waals surface area contributed by atoms with Crippen LogP contribution in [-0.2, 0) is 13.1 Å². The highest BCUT2D eigenvalue weighted by Crippen LogP contribution is 2.23. The first kappa shape index (κ1) is 20.2. The molecular weight excluding hydrogens is 372 g/mol. The third-order valence-corrected chi connectivity index (χ3v) is 4.73. The number of aromatic nitrogens is 2. The zero-order valence-electron chi connectivity index (χ0n) is 16.5. The second-order valence-electron chi connectivity index (χ2n) is 6.78. The van der Waals surface area contributed by atoms with Crippen LogP contribution in [0, 0.1) is 6.92 Å². The van der Waals surface area contributed by atoms with Crippen LogP contribution < -0.4 is 21.9 Å². The molecule has 0 aliphatic carbocycles. The van der Waals surface area contributed by atoms with Gasteiger partial charge in [-0.2, -0.15) is 0 Å². The van der Waals surface area contributed by atoms with E-state index < -0.39 is 17.2 Å². The first-order valence-corrected chi connectivity index (χ1v) is 9.46. The molecule has 2 heterocycles. The molecule has 0 aliphatic rings. The van der Waals surface area contributed by atoms with Gasteiger partial charge >= 0.3 is 5.69 Å². The summed E-state index contributed by atoms with van der Waals surface area (Å²) in [7, 11) is 0. The molecule has 0 unspecified atom stereocenters. The number of hydrogen-bond acceptors (Lipinski definition) is 5. The zero-order valence-corrected chi connectivity index (χ0v) is 16.5. The Morgan fingerprint density at radius 1 is 1.21 bits per heavy atom. The van der Waals surface area contributed by atoms with Crippen LogP contribution >= 0.6 is 0 Å². The van der Waals surface area contributed by atoms with E-state index in [9.17, 15) is 14.4 Å². The van der Waals surface area contributed by atoms with E-state index in [0.29, 0.717) is 24.3 Å². The van der Waals surface area contributed by atoms with Gasteiger partial charge in [-0.25, -0.2) is 4.79 Å². The number of benzene rings is 1. The largest absolute Gasteiger partial charge is 0.467 e. The Balaban J connectivity index is 2.16. The predicted octanol–water partition coefficient (Wildman–Crippen LogP) is 2.67. The van der Waals surface area contributed by atoms with Crippen LogP contribution in [0.5, 0.6) is 0 Å². The molecule has 3 N–H and O–H groups in total. The summed E-state index contributed by atoms with van der Waals surface area (Å²) >= 11 is 0. The van der Waals surface area contributed by atoms with E-state index in [2.05, 4.69) is 4.98 Å². The van der Waals surface area contributed by atoms with Crippen molar-refractivity contribution in [1.29, 1.82) is 0 Å². The monoisotopic (exact) mass is 396 g/mol. The fourth-order valence-electron chi connectivity index (χ4n) is 3.15. The van der Waals surface area contributed by atoms with Crippen molar-refractivity contribution in [2.75, 3.05) is 10.6 Å². The van der Waals surface area contributed by atoms with Gasteiger partial charge in [0.25, 0.3) is 11.5 Å². The molecule has 2 aromatic heterocycles. The van der Waals surface area contributed by atoms with Crippen molar-refractivity contribution >= 4 is 17.4 Å². The molecule has 0 radical (unpaired) electrons.